The van der Waals surface area contributed by atoms with Crippen LogP contribution in [0.5, 0.6) is 0 Å². The highest BCUT2D eigenvalue weighted by Gasteiger charge is 2.20. The van der Waals surface area contributed by atoms with E-state index in [2.05, 4.69) is 15.6 Å². The molecule has 2 heterocycles. The van der Waals surface area contributed by atoms with Crippen molar-refractivity contribution in [2.24, 2.45) is 0 Å². The summed E-state index contributed by atoms with van der Waals surface area (Å²) in [7, 11) is 0. The highest BCUT2D eigenvalue weighted by atomic mass is 16.5. The van der Waals surface area contributed by atoms with Crippen molar-refractivity contribution in [2.45, 2.75) is 25.6 Å². The molecular weight excluding hydrogens is 388 g/mol. The van der Waals surface area contributed by atoms with Gasteiger partial charge in [0.15, 0.2) is 0 Å². The number of carboxylic acids is 1. The summed E-state index contributed by atoms with van der Waals surface area (Å²) >= 11 is 0. The summed E-state index contributed by atoms with van der Waals surface area (Å²) in [6.45, 7) is 0.226. The smallest absolute Gasteiger partial charge is 0.408 e. The maximum atomic E-state index is 12.2. The van der Waals surface area contributed by atoms with E-state index < -0.39 is 18.1 Å². The first kappa shape index (κ1) is 20.8. The number of pyridine rings is 1. The van der Waals surface area contributed by atoms with Gasteiger partial charge in [-0.15, -0.1) is 0 Å². The zero-order valence-electron chi connectivity index (χ0n) is 16.2. The first-order valence-electron chi connectivity index (χ1n) is 9.38. The van der Waals surface area contributed by atoms with Crippen molar-refractivity contribution in [3.8, 4) is 0 Å². The Bertz CT molecular complexity index is 1020. The van der Waals surface area contributed by atoms with E-state index >= 15 is 0 Å². The van der Waals surface area contributed by atoms with Gasteiger partial charge >= 0.3 is 12.1 Å². The minimum absolute atomic E-state index is 0.0257. The van der Waals surface area contributed by atoms with Crippen LogP contribution in [0.25, 0.3) is 10.9 Å². The third-order valence-electron chi connectivity index (χ3n) is 4.44. The van der Waals surface area contributed by atoms with Gasteiger partial charge in [0.1, 0.15) is 19.2 Å². The number of fused-ring (bicyclic) bond motifs is 1. The van der Waals surface area contributed by atoms with Crippen LogP contribution >= 0.6 is 0 Å². The lowest BCUT2D eigenvalue weighted by Gasteiger charge is -2.15. The summed E-state index contributed by atoms with van der Waals surface area (Å²) in [5, 5.41) is 15.2. The predicted molar refractivity (Wildman–Crippen MR) is 109 cm³/mol. The van der Waals surface area contributed by atoms with Crippen molar-refractivity contribution >= 4 is 28.9 Å². The van der Waals surface area contributed by atoms with Gasteiger partial charge in [-0.05, 0) is 24.1 Å². The Kier molecular flexibility index (Phi) is 6.99. The van der Waals surface area contributed by atoms with E-state index in [1.165, 1.54) is 0 Å². The van der Waals surface area contributed by atoms with E-state index in [-0.39, 0.29) is 32.0 Å². The second-order valence-corrected chi connectivity index (χ2v) is 6.61. The number of benzene rings is 1. The van der Waals surface area contributed by atoms with E-state index in [1.54, 1.807) is 35.3 Å². The number of hydrogen-bond donors (Lipinski definition) is 3. The summed E-state index contributed by atoms with van der Waals surface area (Å²) in [5.41, 5.74) is 1.67. The van der Waals surface area contributed by atoms with Crippen LogP contribution in [-0.4, -0.2) is 45.2 Å². The number of rotatable bonds is 9. The van der Waals surface area contributed by atoms with Crippen molar-refractivity contribution in [2.75, 3.05) is 6.54 Å². The van der Waals surface area contributed by atoms with Crippen molar-refractivity contribution < 1.29 is 24.2 Å². The molecule has 30 heavy (non-hydrogen) atoms. The lowest BCUT2D eigenvalue weighted by molar-refractivity contribution is -0.139. The van der Waals surface area contributed by atoms with E-state index in [0.717, 1.165) is 16.5 Å². The average molecular weight is 410 g/mol. The fourth-order valence-electron chi connectivity index (χ4n) is 2.91. The first-order valence-corrected chi connectivity index (χ1v) is 9.38. The second-order valence-electron chi connectivity index (χ2n) is 6.61. The molecule has 3 N–H and O–H groups in total. The molecule has 0 saturated heterocycles. The van der Waals surface area contributed by atoms with Gasteiger partial charge in [-0.3, -0.25) is 9.78 Å². The molecule has 0 radical (unpaired) electrons. The number of carbonyl (C=O) groups excluding carboxylic acids is 2. The molecule has 0 aliphatic carbocycles. The molecule has 156 valence electrons. The molecule has 9 heteroatoms. The van der Waals surface area contributed by atoms with E-state index in [1.807, 2.05) is 30.3 Å². The van der Waals surface area contributed by atoms with Gasteiger partial charge in [0.25, 0.3) is 0 Å². The molecule has 0 spiro atoms. The highest BCUT2D eigenvalue weighted by molar-refractivity contribution is 5.83. The molecule has 3 aromatic rings. The second kappa shape index (κ2) is 10.1. The molecule has 1 atom stereocenters. The van der Waals surface area contributed by atoms with E-state index in [9.17, 15) is 19.5 Å². The Hall–Kier alpha value is -3.88. The molecule has 0 aliphatic rings. The number of alkyl carbamates (subject to hydrolysis) is 1. The molecule has 0 fully saturated rings. The van der Waals surface area contributed by atoms with Gasteiger partial charge in [0.2, 0.25) is 5.91 Å². The van der Waals surface area contributed by atoms with Gasteiger partial charge in [-0.2, -0.15) is 0 Å². The molecule has 3 rings (SSSR count). The topological polar surface area (TPSA) is 123 Å². The number of nitrogens with one attached hydrogen (secondary N) is 2. The minimum Gasteiger partial charge on any atom is -0.480 e. The number of hydrogen-bond acceptors (Lipinski definition) is 5. The summed E-state index contributed by atoms with van der Waals surface area (Å²) < 4.78 is 6.82. The zero-order chi connectivity index (χ0) is 21.3. The standard InChI is InChI=1S/C21H22N4O5/c26-19(13-25-11-8-16-12-22-9-7-18(16)25)23-10-6-17(20(27)28)24-21(29)30-14-15-4-2-1-3-5-15/h1-5,7-9,11-12,17H,6,10,13-14H2,(H,23,26)(H,24,29)(H,27,28). The van der Waals surface area contributed by atoms with Gasteiger partial charge in [-0.25, -0.2) is 9.59 Å². The summed E-state index contributed by atoms with van der Waals surface area (Å²) in [6.07, 6.45) is 4.35. The van der Waals surface area contributed by atoms with Crippen LogP contribution in [0.15, 0.2) is 61.1 Å². The van der Waals surface area contributed by atoms with Crippen molar-refractivity contribution in [1.82, 2.24) is 20.2 Å². The Morgan fingerprint density at radius 3 is 2.70 bits per heavy atom. The van der Waals surface area contributed by atoms with Crippen molar-refractivity contribution in [3.63, 3.8) is 0 Å². The molecule has 9 nitrogen and oxygen atoms in total. The Morgan fingerprint density at radius 2 is 1.93 bits per heavy atom. The lowest BCUT2D eigenvalue weighted by Crippen LogP contribution is -2.43. The highest BCUT2D eigenvalue weighted by Crippen LogP contribution is 2.13. The van der Waals surface area contributed by atoms with Gasteiger partial charge in [0.05, 0.1) is 5.52 Å². The monoisotopic (exact) mass is 410 g/mol. The quantitative estimate of drug-likeness (QED) is 0.495. The molecule has 0 saturated carbocycles. The summed E-state index contributed by atoms with van der Waals surface area (Å²) in [5.74, 6) is -1.47. The summed E-state index contributed by atoms with van der Waals surface area (Å²) in [6, 6.07) is 11.6. The minimum atomic E-state index is -1.20. The fourth-order valence-corrected chi connectivity index (χ4v) is 2.91. The van der Waals surface area contributed by atoms with Crippen molar-refractivity contribution in [3.05, 3.63) is 66.6 Å². The Labute approximate surface area is 172 Å². The maximum Gasteiger partial charge on any atom is 0.408 e. The molecule has 0 aliphatic heterocycles. The van der Waals surface area contributed by atoms with Crippen LogP contribution in [0, 0.1) is 0 Å². The number of ether oxygens (including phenoxy) is 1. The molecule has 1 aromatic carbocycles. The van der Waals surface area contributed by atoms with Crippen LogP contribution < -0.4 is 10.6 Å². The Morgan fingerprint density at radius 1 is 1.13 bits per heavy atom. The normalized spacial score (nSPS) is 11.6. The molecule has 0 bridgehead atoms. The predicted octanol–water partition coefficient (Wildman–Crippen LogP) is 1.92. The fraction of sp³-hybridized carbons (Fsp3) is 0.238. The van der Waals surface area contributed by atoms with Crippen LogP contribution in [0.1, 0.15) is 12.0 Å². The van der Waals surface area contributed by atoms with E-state index in [0.29, 0.717) is 0 Å². The van der Waals surface area contributed by atoms with E-state index in [4.69, 9.17) is 4.74 Å². The lowest BCUT2D eigenvalue weighted by atomic mass is 10.2. The van der Waals surface area contributed by atoms with Crippen molar-refractivity contribution in [1.29, 1.82) is 0 Å². The van der Waals surface area contributed by atoms with Crippen LogP contribution in [0.3, 0.4) is 0 Å². The molecule has 1 unspecified atom stereocenters. The number of aromatic nitrogens is 2. The molecular formula is C21H22N4O5. The molecule has 2 amide bonds. The first-order chi connectivity index (χ1) is 14.5. The number of carboxylic acid groups (broad SMARTS) is 1. The van der Waals surface area contributed by atoms with Crippen LogP contribution in [-0.2, 0) is 27.5 Å². The van der Waals surface area contributed by atoms with Crippen LogP contribution in [0.2, 0.25) is 0 Å². The van der Waals surface area contributed by atoms with Gasteiger partial charge in [0, 0.05) is 30.5 Å². The van der Waals surface area contributed by atoms with Gasteiger partial charge < -0.3 is 25.0 Å². The number of carbonyl (C=O) groups is 3. The number of nitrogens with zero attached hydrogens (tertiary/aromatic N) is 2. The zero-order valence-corrected chi connectivity index (χ0v) is 16.2. The average Bonchev–Trinajstić information content (AvgIpc) is 3.15. The third-order valence-corrected chi connectivity index (χ3v) is 4.44. The van der Waals surface area contributed by atoms with Crippen LogP contribution in [0.4, 0.5) is 4.79 Å². The number of amides is 2. The maximum absolute atomic E-state index is 12.2. The molecule has 2 aromatic heterocycles. The van der Waals surface area contributed by atoms with Gasteiger partial charge in [-0.1, -0.05) is 30.3 Å². The summed E-state index contributed by atoms with van der Waals surface area (Å²) in [4.78, 5) is 39.5. The third kappa shape index (κ3) is 5.81. The SMILES string of the molecule is O=C(Cn1ccc2cnccc21)NCCC(NC(=O)OCc1ccccc1)C(=O)O. The largest absolute Gasteiger partial charge is 0.480 e. The number of aliphatic carboxylic acids is 1. The Balaban J connectivity index is 1.43.